The maximum absolute atomic E-state index is 11.3. The predicted octanol–water partition coefficient (Wildman–Crippen LogP) is 2.29. The third kappa shape index (κ3) is 1.32. The molecule has 0 atom stereocenters. The maximum atomic E-state index is 11.3. The smallest absolute Gasteiger partial charge is 0.275 e. The largest absolute Gasteiger partial charge is 0.442 e. The summed E-state index contributed by atoms with van der Waals surface area (Å²) in [4.78, 5) is 11.3. The summed E-state index contributed by atoms with van der Waals surface area (Å²) in [6.45, 7) is 3.94. The second-order valence-electron chi connectivity index (χ2n) is 3.39. The molecule has 0 aliphatic carbocycles. The van der Waals surface area contributed by atoms with Crippen LogP contribution in [0, 0.1) is 0 Å². The second-order valence-corrected chi connectivity index (χ2v) is 3.76. The van der Waals surface area contributed by atoms with Crippen molar-refractivity contribution in [2.45, 2.75) is 19.8 Å². The molecule has 0 fully saturated rings. The average Bonchev–Trinajstić information content (AvgIpc) is 2.47. The summed E-state index contributed by atoms with van der Waals surface area (Å²) in [5.41, 5.74) is 0.917. The van der Waals surface area contributed by atoms with Gasteiger partial charge in [0.25, 0.3) is 5.56 Å². The quantitative estimate of drug-likeness (QED) is 0.789. The zero-order chi connectivity index (χ0) is 10.3. The number of hydrogen-bond donors (Lipinski definition) is 1. The number of rotatable bonds is 1. The van der Waals surface area contributed by atoms with Crippen LogP contribution in [0.2, 0.25) is 5.22 Å². The fraction of sp³-hybridized carbons (Fsp3) is 0.333. The second kappa shape index (κ2) is 3.13. The van der Waals surface area contributed by atoms with Crippen LogP contribution in [0.25, 0.3) is 11.0 Å². The van der Waals surface area contributed by atoms with Crippen molar-refractivity contribution in [1.82, 2.24) is 10.2 Å². The molecule has 2 aromatic rings. The van der Waals surface area contributed by atoms with Crippen molar-refractivity contribution >= 4 is 22.6 Å². The van der Waals surface area contributed by atoms with Gasteiger partial charge in [-0.25, -0.2) is 5.10 Å². The molecule has 4 nitrogen and oxygen atoms in total. The Hall–Kier alpha value is -1.29. The van der Waals surface area contributed by atoms with Crippen LogP contribution < -0.4 is 5.56 Å². The van der Waals surface area contributed by atoms with Crippen LogP contribution in [-0.4, -0.2) is 10.2 Å². The van der Waals surface area contributed by atoms with E-state index in [0.717, 1.165) is 0 Å². The lowest BCUT2D eigenvalue weighted by Gasteiger charge is -2.02. The molecular formula is C9H9ClN2O2. The Balaban J connectivity index is 2.88. The van der Waals surface area contributed by atoms with E-state index in [2.05, 4.69) is 10.2 Å². The van der Waals surface area contributed by atoms with E-state index >= 15 is 0 Å². The van der Waals surface area contributed by atoms with E-state index in [1.54, 1.807) is 0 Å². The van der Waals surface area contributed by atoms with Crippen LogP contribution in [0.15, 0.2) is 15.3 Å². The van der Waals surface area contributed by atoms with Gasteiger partial charge in [0.2, 0.25) is 0 Å². The lowest BCUT2D eigenvalue weighted by atomic mass is 10.1. The minimum absolute atomic E-state index is 0.177. The van der Waals surface area contributed by atoms with E-state index in [1.807, 2.05) is 13.8 Å². The molecule has 0 unspecified atom stereocenters. The summed E-state index contributed by atoms with van der Waals surface area (Å²) in [6, 6.07) is 1.50. The van der Waals surface area contributed by atoms with Gasteiger partial charge in [-0.05, 0) is 11.6 Å². The SMILES string of the molecule is CC(C)c1n[nH]c(=O)c2cc(Cl)oc12. The zero-order valence-corrected chi connectivity index (χ0v) is 8.55. The van der Waals surface area contributed by atoms with Crippen molar-refractivity contribution in [3.8, 4) is 0 Å². The Kier molecular flexibility index (Phi) is 2.07. The van der Waals surface area contributed by atoms with Gasteiger partial charge in [-0.15, -0.1) is 0 Å². The minimum Gasteiger partial charge on any atom is -0.442 e. The monoisotopic (exact) mass is 212 g/mol. The summed E-state index contributed by atoms with van der Waals surface area (Å²) >= 11 is 5.68. The molecule has 2 heterocycles. The van der Waals surface area contributed by atoms with E-state index in [4.69, 9.17) is 16.0 Å². The van der Waals surface area contributed by atoms with Crippen LogP contribution in [0.3, 0.4) is 0 Å². The molecular weight excluding hydrogens is 204 g/mol. The fourth-order valence-corrected chi connectivity index (χ4v) is 1.52. The van der Waals surface area contributed by atoms with Gasteiger partial charge in [-0.3, -0.25) is 4.79 Å². The number of nitrogens with one attached hydrogen (secondary N) is 1. The van der Waals surface area contributed by atoms with Gasteiger partial charge >= 0.3 is 0 Å². The number of furan rings is 1. The van der Waals surface area contributed by atoms with Gasteiger partial charge in [-0.1, -0.05) is 13.8 Å². The maximum Gasteiger partial charge on any atom is 0.275 e. The molecule has 0 bridgehead atoms. The lowest BCUT2D eigenvalue weighted by molar-refractivity contribution is 0.601. The zero-order valence-electron chi connectivity index (χ0n) is 7.80. The number of nitrogens with zero attached hydrogens (tertiary/aromatic N) is 1. The van der Waals surface area contributed by atoms with Crippen LogP contribution in [0.4, 0.5) is 0 Å². The number of aromatic amines is 1. The Labute approximate surface area is 84.9 Å². The summed E-state index contributed by atoms with van der Waals surface area (Å²) in [7, 11) is 0. The van der Waals surface area contributed by atoms with Crippen molar-refractivity contribution in [3.05, 3.63) is 27.3 Å². The molecule has 0 radical (unpaired) electrons. The molecule has 0 saturated carbocycles. The first-order valence-corrected chi connectivity index (χ1v) is 4.65. The van der Waals surface area contributed by atoms with E-state index in [-0.39, 0.29) is 16.7 Å². The van der Waals surface area contributed by atoms with E-state index in [1.165, 1.54) is 6.07 Å². The third-order valence-electron chi connectivity index (χ3n) is 2.00. The van der Waals surface area contributed by atoms with Crippen LogP contribution in [0.5, 0.6) is 0 Å². The average molecular weight is 213 g/mol. The highest BCUT2D eigenvalue weighted by molar-refractivity contribution is 6.29. The normalized spacial score (nSPS) is 11.4. The van der Waals surface area contributed by atoms with Crippen molar-refractivity contribution in [2.24, 2.45) is 0 Å². The topological polar surface area (TPSA) is 58.9 Å². The highest BCUT2D eigenvalue weighted by Gasteiger charge is 2.14. The van der Waals surface area contributed by atoms with Gasteiger partial charge in [-0.2, -0.15) is 5.10 Å². The standard InChI is InChI=1S/C9H9ClN2O2/c1-4(2)7-8-5(3-6(10)14-8)9(13)12-11-7/h3-4H,1-2H3,(H,12,13). The number of aromatic nitrogens is 2. The number of fused-ring (bicyclic) bond motifs is 1. The van der Waals surface area contributed by atoms with E-state index < -0.39 is 0 Å². The Morgan fingerprint density at radius 2 is 2.29 bits per heavy atom. The summed E-state index contributed by atoms with van der Waals surface area (Å²) in [6.07, 6.45) is 0. The molecule has 14 heavy (non-hydrogen) atoms. The van der Waals surface area contributed by atoms with Crippen molar-refractivity contribution in [2.75, 3.05) is 0 Å². The Bertz CT molecular complexity index is 527. The van der Waals surface area contributed by atoms with Gasteiger partial charge in [0.05, 0.1) is 5.39 Å². The number of hydrogen-bond acceptors (Lipinski definition) is 3. The molecule has 5 heteroatoms. The first kappa shape index (κ1) is 9.27. The number of H-pyrrole nitrogens is 1. The third-order valence-corrected chi connectivity index (χ3v) is 2.19. The Morgan fingerprint density at radius 1 is 1.57 bits per heavy atom. The van der Waals surface area contributed by atoms with Crippen molar-refractivity contribution in [1.29, 1.82) is 0 Å². The fourth-order valence-electron chi connectivity index (χ4n) is 1.33. The number of halogens is 1. The first-order chi connectivity index (χ1) is 6.59. The molecule has 0 aromatic carbocycles. The molecule has 0 saturated heterocycles. The molecule has 2 rings (SSSR count). The predicted molar refractivity (Wildman–Crippen MR) is 53.7 cm³/mol. The van der Waals surface area contributed by atoms with Gasteiger partial charge in [0.15, 0.2) is 10.8 Å². The van der Waals surface area contributed by atoms with Crippen LogP contribution in [0.1, 0.15) is 25.5 Å². The molecule has 2 aromatic heterocycles. The van der Waals surface area contributed by atoms with Gasteiger partial charge < -0.3 is 4.42 Å². The first-order valence-electron chi connectivity index (χ1n) is 4.27. The van der Waals surface area contributed by atoms with Crippen molar-refractivity contribution < 1.29 is 4.42 Å². The molecule has 0 aliphatic heterocycles. The molecule has 0 aliphatic rings. The van der Waals surface area contributed by atoms with Gasteiger partial charge in [0, 0.05) is 12.0 Å². The van der Waals surface area contributed by atoms with Crippen LogP contribution >= 0.6 is 11.6 Å². The molecule has 74 valence electrons. The van der Waals surface area contributed by atoms with E-state index in [0.29, 0.717) is 16.7 Å². The Morgan fingerprint density at radius 3 is 2.93 bits per heavy atom. The summed E-state index contributed by atoms with van der Waals surface area (Å²) in [5, 5.41) is 7.00. The molecule has 0 spiro atoms. The van der Waals surface area contributed by atoms with Gasteiger partial charge in [0.1, 0.15) is 5.69 Å². The van der Waals surface area contributed by atoms with Crippen LogP contribution in [-0.2, 0) is 0 Å². The summed E-state index contributed by atoms with van der Waals surface area (Å²) < 4.78 is 5.22. The highest BCUT2D eigenvalue weighted by atomic mass is 35.5. The minimum atomic E-state index is -0.278. The lowest BCUT2D eigenvalue weighted by Crippen LogP contribution is -2.10. The van der Waals surface area contributed by atoms with Crippen molar-refractivity contribution in [3.63, 3.8) is 0 Å². The summed E-state index contributed by atoms with van der Waals surface area (Å²) in [5.74, 6) is 0.177. The highest BCUT2D eigenvalue weighted by Crippen LogP contribution is 2.25. The molecule has 1 N–H and O–H groups in total. The molecule has 0 amide bonds. The van der Waals surface area contributed by atoms with E-state index in [9.17, 15) is 4.79 Å².